The van der Waals surface area contributed by atoms with E-state index in [0.29, 0.717) is 0 Å². The summed E-state index contributed by atoms with van der Waals surface area (Å²) in [4.78, 5) is 10.4. The van der Waals surface area contributed by atoms with Gasteiger partial charge >= 0.3 is 5.97 Å². The largest absolute Gasteiger partial charge is 0.476 e. The Bertz CT molecular complexity index is 272. The molecule has 0 aliphatic rings. The van der Waals surface area contributed by atoms with Crippen molar-refractivity contribution in [1.29, 1.82) is 0 Å². The second-order valence-electron chi connectivity index (χ2n) is 2.26. The fraction of sp³-hybridized carbons (Fsp3) is 0.429. The van der Waals surface area contributed by atoms with E-state index in [2.05, 4.69) is 5.10 Å². The molecule has 0 bridgehead atoms. The van der Waals surface area contributed by atoms with Crippen LogP contribution in [0.2, 0.25) is 0 Å². The van der Waals surface area contributed by atoms with E-state index >= 15 is 0 Å². The number of nitrogens with zero attached hydrogens (tertiary/aromatic N) is 2. The van der Waals surface area contributed by atoms with Crippen LogP contribution in [0.25, 0.3) is 0 Å². The van der Waals surface area contributed by atoms with Crippen molar-refractivity contribution in [3.8, 4) is 0 Å². The molecule has 0 fully saturated rings. The summed E-state index contributed by atoms with van der Waals surface area (Å²) in [6.07, 6.45) is 3.68. The minimum Gasteiger partial charge on any atom is -0.476 e. The lowest BCUT2D eigenvalue weighted by Crippen LogP contribution is -2.04. The fourth-order valence-corrected chi connectivity index (χ4v) is 1.15. The first-order valence-electron chi connectivity index (χ1n) is 3.49. The van der Waals surface area contributed by atoms with Crippen LogP contribution in [0.5, 0.6) is 0 Å². The highest BCUT2D eigenvalue weighted by molar-refractivity contribution is 7.98. The van der Waals surface area contributed by atoms with Gasteiger partial charge in [-0.2, -0.15) is 16.9 Å². The quantitative estimate of drug-likeness (QED) is 0.760. The second-order valence-corrected chi connectivity index (χ2v) is 3.25. The zero-order chi connectivity index (χ0) is 8.97. The summed E-state index contributed by atoms with van der Waals surface area (Å²) in [6, 6.07) is 1.50. The highest BCUT2D eigenvalue weighted by Gasteiger charge is 2.05. The normalized spacial score (nSPS) is 10.1. The lowest BCUT2D eigenvalue weighted by Gasteiger charge is -1.96. The smallest absolute Gasteiger partial charge is 0.356 e. The van der Waals surface area contributed by atoms with Gasteiger partial charge in [0.1, 0.15) is 0 Å². The van der Waals surface area contributed by atoms with Gasteiger partial charge in [-0.1, -0.05) is 0 Å². The highest BCUT2D eigenvalue weighted by atomic mass is 32.2. The summed E-state index contributed by atoms with van der Waals surface area (Å²) >= 11 is 1.71. The predicted molar refractivity (Wildman–Crippen MR) is 47.6 cm³/mol. The Labute approximate surface area is 74.6 Å². The number of rotatable bonds is 4. The van der Waals surface area contributed by atoms with Crippen molar-refractivity contribution in [3.05, 3.63) is 18.0 Å². The van der Waals surface area contributed by atoms with Crippen molar-refractivity contribution in [3.63, 3.8) is 0 Å². The molecule has 0 radical (unpaired) electrons. The van der Waals surface area contributed by atoms with Gasteiger partial charge < -0.3 is 5.11 Å². The molecular formula is C7H10N2O2S. The predicted octanol–water partition coefficient (Wildman–Crippen LogP) is 0.944. The third kappa shape index (κ3) is 2.27. The van der Waals surface area contributed by atoms with Crippen LogP contribution in [0.4, 0.5) is 0 Å². The first kappa shape index (κ1) is 9.12. The van der Waals surface area contributed by atoms with E-state index in [1.165, 1.54) is 6.07 Å². The Hall–Kier alpha value is -0.970. The van der Waals surface area contributed by atoms with Crippen molar-refractivity contribution in [1.82, 2.24) is 9.78 Å². The number of hydrogen-bond donors (Lipinski definition) is 1. The van der Waals surface area contributed by atoms with Crippen LogP contribution in [-0.4, -0.2) is 32.9 Å². The van der Waals surface area contributed by atoms with Gasteiger partial charge in [0.15, 0.2) is 5.69 Å². The van der Waals surface area contributed by atoms with E-state index in [0.717, 1.165) is 12.3 Å². The summed E-state index contributed by atoms with van der Waals surface area (Å²) in [6.45, 7) is 0.758. The van der Waals surface area contributed by atoms with E-state index in [4.69, 9.17) is 5.11 Å². The molecule has 0 amide bonds. The summed E-state index contributed by atoms with van der Waals surface area (Å²) in [5.74, 6) is -0.0290. The minimum atomic E-state index is -0.974. The van der Waals surface area contributed by atoms with Gasteiger partial charge in [0.25, 0.3) is 0 Å². The molecule has 5 heteroatoms. The first-order chi connectivity index (χ1) is 5.74. The molecule has 0 saturated heterocycles. The van der Waals surface area contributed by atoms with Crippen LogP contribution in [0.3, 0.4) is 0 Å². The lowest BCUT2D eigenvalue weighted by atomic mass is 10.5. The second kappa shape index (κ2) is 4.15. The standard InChI is InChI=1S/C7H10N2O2S/c1-12-5-4-9-3-2-6(8-9)7(10)11/h2-3H,4-5H2,1H3,(H,10,11). The number of carbonyl (C=O) groups is 1. The van der Waals surface area contributed by atoms with Crippen LogP contribution in [0.15, 0.2) is 12.3 Å². The van der Waals surface area contributed by atoms with E-state index < -0.39 is 5.97 Å². The first-order valence-corrected chi connectivity index (χ1v) is 4.89. The number of aryl methyl sites for hydroxylation is 1. The Morgan fingerprint density at radius 2 is 2.58 bits per heavy atom. The number of aromatic carboxylic acids is 1. The molecule has 0 aliphatic carbocycles. The maximum Gasteiger partial charge on any atom is 0.356 e. The Morgan fingerprint density at radius 1 is 1.83 bits per heavy atom. The maximum atomic E-state index is 10.4. The number of thioether (sulfide) groups is 1. The Morgan fingerprint density at radius 3 is 3.08 bits per heavy atom. The number of hydrogen-bond acceptors (Lipinski definition) is 3. The van der Waals surface area contributed by atoms with Gasteiger partial charge in [0.2, 0.25) is 0 Å². The summed E-state index contributed by atoms with van der Waals surface area (Å²) in [7, 11) is 0. The average Bonchev–Trinajstić information content (AvgIpc) is 2.48. The van der Waals surface area contributed by atoms with Gasteiger partial charge in [-0.05, 0) is 12.3 Å². The molecule has 1 aromatic heterocycles. The Kier molecular flexibility index (Phi) is 3.16. The molecule has 1 aromatic rings. The van der Waals surface area contributed by atoms with Crippen LogP contribution in [-0.2, 0) is 6.54 Å². The van der Waals surface area contributed by atoms with Crippen molar-refractivity contribution >= 4 is 17.7 Å². The SMILES string of the molecule is CSCCn1ccc(C(=O)O)n1. The van der Waals surface area contributed by atoms with Gasteiger partial charge in [-0.25, -0.2) is 4.79 Å². The average molecular weight is 186 g/mol. The molecule has 0 aromatic carbocycles. The van der Waals surface area contributed by atoms with Crippen LogP contribution < -0.4 is 0 Å². The van der Waals surface area contributed by atoms with E-state index in [-0.39, 0.29) is 5.69 Å². The summed E-state index contributed by atoms with van der Waals surface area (Å²) in [5, 5.41) is 12.4. The molecule has 0 saturated carbocycles. The van der Waals surface area contributed by atoms with Gasteiger partial charge in [0.05, 0.1) is 0 Å². The van der Waals surface area contributed by atoms with Gasteiger partial charge in [-0.3, -0.25) is 4.68 Å². The zero-order valence-electron chi connectivity index (χ0n) is 6.73. The zero-order valence-corrected chi connectivity index (χ0v) is 7.54. The topological polar surface area (TPSA) is 55.1 Å². The summed E-state index contributed by atoms with van der Waals surface area (Å²) < 4.78 is 1.64. The Balaban J connectivity index is 2.58. The van der Waals surface area contributed by atoms with Crippen molar-refractivity contribution in [2.45, 2.75) is 6.54 Å². The van der Waals surface area contributed by atoms with E-state index in [9.17, 15) is 4.79 Å². The van der Waals surface area contributed by atoms with Gasteiger partial charge in [0, 0.05) is 18.5 Å². The van der Waals surface area contributed by atoms with E-state index in [1.807, 2.05) is 6.26 Å². The highest BCUT2D eigenvalue weighted by Crippen LogP contribution is 1.98. The number of aromatic nitrogens is 2. The molecule has 0 spiro atoms. The molecule has 1 N–H and O–H groups in total. The molecule has 1 heterocycles. The van der Waals surface area contributed by atoms with Crippen molar-refractivity contribution in [2.24, 2.45) is 0 Å². The van der Waals surface area contributed by atoms with Crippen molar-refractivity contribution in [2.75, 3.05) is 12.0 Å². The molecular weight excluding hydrogens is 176 g/mol. The van der Waals surface area contributed by atoms with Crippen molar-refractivity contribution < 1.29 is 9.90 Å². The molecule has 4 nitrogen and oxygen atoms in total. The third-order valence-corrected chi connectivity index (χ3v) is 1.98. The monoisotopic (exact) mass is 186 g/mol. The molecule has 0 atom stereocenters. The molecule has 12 heavy (non-hydrogen) atoms. The molecule has 1 rings (SSSR count). The van der Waals surface area contributed by atoms with Gasteiger partial charge in [-0.15, -0.1) is 0 Å². The molecule has 0 unspecified atom stereocenters. The van der Waals surface area contributed by atoms with Crippen LogP contribution in [0.1, 0.15) is 10.5 Å². The lowest BCUT2D eigenvalue weighted by molar-refractivity contribution is 0.0689. The molecule has 0 aliphatic heterocycles. The fourth-order valence-electron chi connectivity index (χ4n) is 0.785. The minimum absolute atomic E-state index is 0.108. The van der Waals surface area contributed by atoms with E-state index in [1.54, 1.807) is 22.6 Å². The summed E-state index contributed by atoms with van der Waals surface area (Å²) in [5.41, 5.74) is 0.108. The van der Waals surface area contributed by atoms with Crippen LogP contribution >= 0.6 is 11.8 Å². The molecule has 66 valence electrons. The maximum absolute atomic E-state index is 10.4. The van der Waals surface area contributed by atoms with Crippen LogP contribution in [0, 0.1) is 0 Å². The third-order valence-electron chi connectivity index (χ3n) is 1.38. The number of carboxylic acids is 1. The number of carboxylic acid groups (broad SMARTS) is 1.